The Bertz CT molecular complexity index is 1060. The number of aliphatic hydroxyl groups is 1. The lowest BCUT2D eigenvalue weighted by Gasteiger charge is -2.27. The molecular weight excluding hydrogens is 453 g/mol. The zero-order chi connectivity index (χ0) is 25.3. The molecule has 4 rings (SSSR count). The van der Waals surface area contributed by atoms with Crippen molar-refractivity contribution in [3.63, 3.8) is 0 Å². The Morgan fingerprint density at radius 3 is 2.53 bits per heavy atom. The molecule has 0 amide bonds. The van der Waals surface area contributed by atoms with Gasteiger partial charge in [0.05, 0.1) is 23.3 Å². The standard InChI is InChI=1S/C22H26FN3O2S.C2H6O.C2H6/c1-4-5-19-13(2)20-21(26(3)25-22(20)29-19)24-17-11-6-14(23)12-18(17)28-16-9-7-15(27)8-10-16;1-3-2;1-2/h4,6,11-12,15-16,24,27H,1,5,7-10H2,2-3H3;1-2H3;1-2H3. The molecule has 34 heavy (non-hydrogen) atoms. The Kier molecular flexibility index (Phi) is 11.0. The van der Waals surface area contributed by atoms with Gasteiger partial charge >= 0.3 is 0 Å². The molecule has 0 bridgehead atoms. The van der Waals surface area contributed by atoms with Gasteiger partial charge in [0.15, 0.2) is 0 Å². The van der Waals surface area contributed by atoms with Crippen LogP contribution in [-0.4, -0.2) is 41.3 Å². The van der Waals surface area contributed by atoms with Gasteiger partial charge in [0, 0.05) is 32.2 Å². The first kappa shape index (κ1) is 27.8. The predicted octanol–water partition coefficient (Wildman–Crippen LogP) is 6.53. The Labute approximate surface area is 206 Å². The van der Waals surface area contributed by atoms with Crippen molar-refractivity contribution < 1.29 is 19.0 Å². The number of rotatable bonds is 6. The quantitative estimate of drug-likeness (QED) is 0.384. The number of allylic oxidation sites excluding steroid dienone is 1. The van der Waals surface area contributed by atoms with Crippen molar-refractivity contribution in [3.05, 3.63) is 47.1 Å². The number of fused-ring (bicyclic) bond motifs is 1. The minimum absolute atomic E-state index is 0.0191. The molecule has 8 heteroatoms. The summed E-state index contributed by atoms with van der Waals surface area (Å²) < 4.78 is 26.2. The van der Waals surface area contributed by atoms with Crippen LogP contribution in [0.5, 0.6) is 5.75 Å². The Morgan fingerprint density at radius 1 is 1.26 bits per heavy atom. The number of methoxy groups -OCH3 is 1. The highest BCUT2D eigenvalue weighted by molar-refractivity contribution is 7.19. The highest BCUT2D eigenvalue weighted by atomic mass is 32.1. The van der Waals surface area contributed by atoms with Crippen molar-refractivity contribution in [2.24, 2.45) is 7.05 Å². The van der Waals surface area contributed by atoms with Gasteiger partial charge in [-0.15, -0.1) is 17.9 Å². The number of aromatic nitrogens is 2. The normalized spacial score (nSPS) is 17.3. The molecule has 0 atom stereocenters. The van der Waals surface area contributed by atoms with Crippen LogP contribution in [0.4, 0.5) is 15.9 Å². The number of aliphatic hydroxyl groups excluding tert-OH is 1. The third kappa shape index (κ3) is 6.81. The third-order valence-corrected chi connectivity index (χ3v) is 6.69. The summed E-state index contributed by atoms with van der Waals surface area (Å²) in [6.45, 7) is 9.93. The van der Waals surface area contributed by atoms with Crippen molar-refractivity contribution in [1.29, 1.82) is 0 Å². The molecule has 3 aromatic rings. The molecule has 188 valence electrons. The monoisotopic (exact) mass is 491 g/mol. The van der Waals surface area contributed by atoms with Gasteiger partial charge < -0.3 is 19.9 Å². The van der Waals surface area contributed by atoms with Gasteiger partial charge in [0.1, 0.15) is 22.2 Å². The van der Waals surface area contributed by atoms with Gasteiger partial charge in [-0.25, -0.2) is 4.39 Å². The van der Waals surface area contributed by atoms with Crippen molar-refractivity contribution in [2.45, 2.75) is 65.1 Å². The molecule has 2 N–H and O–H groups in total. The van der Waals surface area contributed by atoms with Crippen molar-refractivity contribution >= 4 is 33.1 Å². The van der Waals surface area contributed by atoms with Gasteiger partial charge in [-0.05, 0) is 56.7 Å². The number of hydrogen-bond donors (Lipinski definition) is 2. The molecule has 2 heterocycles. The van der Waals surface area contributed by atoms with E-state index in [1.165, 1.54) is 22.6 Å². The summed E-state index contributed by atoms with van der Waals surface area (Å²) in [5, 5.41) is 18.9. The van der Waals surface area contributed by atoms with Crippen molar-refractivity contribution in [3.8, 4) is 5.75 Å². The topological polar surface area (TPSA) is 68.5 Å². The Hall–Kier alpha value is -2.42. The summed E-state index contributed by atoms with van der Waals surface area (Å²) >= 11 is 1.67. The van der Waals surface area contributed by atoms with E-state index in [4.69, 9.17) is 4.74 Å². The highest BCUT2D eigenvalue weighted by Gasteiger charge is 2.23. The number of ether oxygens (including phenoxy) is 2. The molecule has 1 fully saturated rings. The number of nitrogens with zero attached hydrogens (tertiary/aromatic N) is 2. The minimum atomic E-state index is -0.337. The lowest BCUT2D eigenvalue weighted by molar-refractivity contribution is 0.0668. The molecular formula is C26H38FN3O3S. The smallest absolute Gasteiger partial charge is 0.148 e. The van der Waals surface area contributed by atoms with Crippen LogP contribution >= 0.6 is 11.3 Å². The fraction of sp³-hybridized carbons (Fsp3) is 0.500. The van der Waals surface area contributed by atoms with Crippen LogP contribution in [0.15, 0.2) is 30.9 Å². The maximum atomic E-state index is 14.0. The average molecular weight is 492 g/mol. The van der Waals surface area contributed by atoms with E-state index in [1.54, 1.807) is 31.6 Å². The molecule has 1 aliphatic carbocycles. The van der Waals surface area contributed by atoms with Crippen LogP contribution < -0.4 is 10.1 Å². The number of nitrogens with one attached hydrogen (secondary N) is 1. The average Bonchev–Trinajstić information content (AvgIpc) is 3.28. The molecule has 6 nitrogen and oxygen atoms in total. The SMILES string of the molecule is C=CCc1sc2nn(C)c(Nc3ccc(F)cc3OC3CCC(O)CC3)c2c1C.CC.COC. The molecule has 0 unspecified atom stereocenters. The van der Waals surface area contributed by atoms with Crippen LogP contribution in [0.3, 0.4) is 0 Å². The molecule has 0 aliphatic heterocycles. The number of halogens is 1. The van der Waals surface area contributed by atoms with Crippen molar-refractivity contribution in [2.75, 3.05) is 19.5 Å². The molecule has 1 aromatic carbocycles. The first-order valence-corrected chi connectivity index (χ1v) is 12.6. The summed E-state index contributed by atoms with van der Waals surface area (Å²) in [5.74, 6) is 1.01. The van der Waals surface area contributed by atoms with Crippen molar-refractivity contribution in [1.82, 2.24) is 9.78 Å². The van der Waals surface area contributed by atoms with Gasteiger partial charge in [-0.1, -0.05) is 19.9 Å². The second-order valence-electron chi connectivity index (χ2n) is 8.02. The lowest BCUT2D eigenvalue weighted by Crippen LogP contribution is -2.26. The maximum absolute atomic E-state index is 14.0. The first-order valence-electron chi connectivity index (χ1n) is 11.7. The largest absolute Gasteiger partial charge is 0.488 e. The molecule has 0 saturated heterocycles. The Morgan fingerprint density at radius 2 is 1.91 bits per heavy atom. The molecule has 0 spiro atoms. The molecule has 1 saturated carbocycles. The van der Waals surface area contributed by atoms with E-state index in [-0.39, 0.29) is 18.0 Å². The summed E-state index contributed by atoms with van der Waals surface area (Å²) in [6.07, 6.45) is 5.40. The van der Waals surface area contributed by atoms with E-state index >= 15 is 0 Å². The summed E-state index contributed by atoms with van der Waals surface area (Å²) in [6, 6.07) is 4.55. The van der Waals surface area contributed by atoms with E-state index in [9.17, 15) is 9.50 Å². The van der Waals surface area contributed by atoms with E-state index < -0.39 is 0 Å². The molecule has 0 radical (unpaired) electrons. The van der Waals surface area contributed by atoms with Crippen LogP contribution in [0, 0.1) is 12.7 Å². The maximum Gasteiger partial charge on any atom is 0.148 e. The van der Waals surface area contributed by atoms with Crippen LogP contribution in [0.2, 0.25) is 0 Å². The van der Waals surface area contributed by atoms with Gasteiger partial charge in [-0.2, -0.15) is 5.10 Å². The predicted molar refractivity (Wildman–Crippen MR) is 140 cm³/mol. The Balaban J connectivity index is 0.000000758. The molecule has 1 aliphatic rings. The summed E-state index contributed by atoms with van der Waals surface area (Å²) in [5.41, 5.74) is 1.89. The number of hydrogen-bond acceptors (Lipinski definition) is 6. The van der Waals surface area contributed by atoms with Gasteiger partial charge in [0.25, 0.3) is 0 Å². The zero-order valence-electron chi connectivity index (χ0n) is 21.2. The lowest BCUT2D eigenvalue weighted by atomic mass is 9.95. The first-order chi connectivity index (χ1) is 16.4. The van der Waals surface area contributed by atoms with E-state index in [1.807, 2.05) is 31.7 Å². The number of benzene rings is 1. The number of anilines is 2. The van der Waals surface area contributed by atoms with E-state index in [0.717, 1.165) is 35.3 Å². The fourth-order valence-corrected chi connectivity index (χ4v) is 5.08. The van der Waals surface area contributed by atoms with Gasteiger partial charge in [0.2, 0.25) is 0 Å². The third-order valence-electron chi connectivity index (χ3n) is 5.49. The summed E-state index contributed by atoms with van der Waals surface area (Å²) in [4.78, 5) is 2.22. The second kappa shape index (κ2) is 13.5. The number of aryl methyl sites for hydroxylation is 2. The van der Waals surface area contributed by atoms with E-state index in [0.29, 0.717) is 24.3 Å². The van der Waals surface area contributed by atoms with E-state index in [2.05, 4.69) is 28.7 Å². The number of thiophene rings is 1. The second-order valence-corrected chi connectivity index (χ2v) is 9.10. The van der Waals surface area contributed by atoms with Crippen LogP contribution in [-0.2, 0) is 18.2 Å². The summed E-state index contributed by atoms with van der Waals surface area (Å²) in [7, 11) is 5.15. The highest BCUT2D eigenvalue weighted by Crippen LogP contribution is 2.39. The zero-order valence-corrected chi connectivity index (χ0v) is 22.0. The van der Waals surface area contributed by atoms with Gasteiger partial charge in [-0.3, -0.25) is 4.68 Å². The fourth-order valence-electron chi connectivity index (χ4n) is 3.88. The van der Waals surface area contributed by atoms with Crippen LogP contribution in [0.25, 0.3) is 10.2 Å². The molecule has 2 aromatic heterocycles. The van der Waals surface area contributed by atoms with Crippen LogP contribution in [0.1, 0.15) is 50.0 Å². The minimum Gasteiger partial charge on any atom is -0.488 e.